The van der Waals surface area contributed by atoms with Gasteiger partial charge in [-0.1, -0.05) is 54.6 Å². The number of amides is 1. The molecule has 0 radical (unpaired) electrons. The summed E-state index contributed by atoms with van der Waals surface area (Å²) in [5, 5.41) is 2.83. The molecule has 0 unspecified atom stereocenters. The molecule has 202 valence electrons. The number of benzene rings is 4. The summed E-state index contributed by atoms with van der Waals surface area (Å²) in [5.74, 6) is 0.629. The quantitative estimate of drug-likeness (QED) is 0.176. The Morgan fingerprint density at radius 3 is 2.58 bits per heavy atom. The minimum Gasteiger partial charge on any atom is -0.490 e. The number of carbonyl (C=O) groups excluding carboxylic acids is 2. The fourth-order valence-corrected chi connectivity index (χ4v) is 5.30. The van der Waals surface area contributed by atoms with Gasteiger partial charge in [0.1, 0.15) is 6.61 Å². The Kier molecular flexibility index (Phi) is 8.17. The summed E-state index contributed by atoms with van der Waals surface area (Å²) in [6.45, 7) is 2.80. The smallest absolute Gasteiger partial charge is 0.337 e. The Hall–Kier alpha value is -4.56. The Bertz CT molecular complexity index is 1640. The number of hydrogen-bond donors (Lipinski definition) is 0. The third-order valence-corrected chi connectivity index (χ3v) is 7.38. The Labute approximate surface area is 237 Å². The van der Waals surface area contributed by atoms with Gasteiger partial charge in [0.15, 0.2) is 16.7 Å². The van der Waals surface area contributed by atoms with E-state index in [1.165, 1.54) is 29.2 Å². The summed E-state index contributed by atoms with van der Waals surface area (Å²) < 4.78 is 16.9. The van der Waals surface area contributed by atoms with Crippen molar-refractivity contribution >= 4 is 51.3 Å². The number of hydrogen-bond acceptors (Lipinski definition) is 7. The lowest BCUT2D eigenvalue weighted by atomic mass is 10.1. The summed E-state index contributed by atoms with van der Waals surface area (Å²) in [6, 6.07) is 26.8. The van der Waals surface area contributed by atoms with Gasteiger partial charge in [-0.15, -0.1) is 0 Å². The number of thioether (sulfide) groups is 1. The number of rotatable bonds is 8. The van der Waals surface area contributed by atoms with Crippen molar-refractivity contribution in [3.05, 3.63) is 107 Å². The number of amidine groups is 1. The average Bonchev–Trinajstić information content (AvgIpc) is 3.24. The standard InChI is InChI=1S/C32H28N2O5S/c1-4-38-28-17-21(15-16-27(28)39-20-24-12-7-10-22-9-5-6-14-26(22)24)18-29-30(35)34(2)32(40-29)33-25-13-8-11-23(19-25)31(36)37-3/h5-19H,4,20H2,1-3H3. The maximum Gasteiger partial charge on any atom is 0.337 e. The van der Waals surface area contributed by atoms with Gasteiger partial charge in [0.25, 0.3) is 5.91 Å². The lowest BCUT2D eigenvalue weighted by molar-refractivity contribution is -0.121. The first-order valence-electron chi connectivity index (χ1n) is 12.8. The van der Waals surface area contributed by atoms with Crippen molar-refractivity contribution in [2.45, 2.75) is 13.5 Å². The van der Waals surface area contributed by atoms with Crippen molar-refractivity contribution in [2.24, 2.45) is 4.99 Å². The van der Waals surface area contributed by atoms with E-state index in [-0.39, 0.29) is 5.91 Å². The van der Waals surface area contributed by atoms with E-state index in [9.17, 15) is 9.59 Å². The van der Waals surface area contributed by atoms with Crippen LogP contribution in [0.1, 0.15) is 28.4 Å². The first-order chi connectivity index (χ1) is 19.5. The van der Waals surface area contributed by atoms with E-state index in [0.29, 0.717) is 46.0 Å². The first kappa shape index (κ1) is 27.0. The third-order valence-electron chi connectivity index (χ3n) is 6.32. The van der Waals surface area contributed by atoms with Gasteiger partial charge in [-0.25, -0.2) is 9.79 Å². The van der Waals surface area contributed by atoms with Gasteiger partial charge in [-0.2, -0.15) is 0 Å². The molecule has 8 heteroatoms. The molecule has 4 aromatic rings. The number of esters is 1. The molecule has 0 spiro atoms. The van der Waals surface area contributed by atoms with Gasteiger partial charge < -0.3 is 14.2 Å². The average molecular weight is 553 g/mol. The van der Waals surface area contributed by atoms with Gasteiger partial charge in [-0.3, -0.25) is 9.69 Å². The molecular weight excluding hydrogens is 524 g/mol. The number of nitrogens with zero attached hydrogens (tertiary/aromatic N) is 2. The van der Waals surface area contributed by atoms with Crippen molar-refractivity contribution in [2.75, 3.05) is 20.8 Å². The summed E-state index contributed by atoms with van der Waals surface area (Å²) in [7, 11) is 3.01. The van der Waals surface area contributed by atoms with Crippen molar-refractivity contribution in [3.63, 3.8) is 0 Å². The molecule has 40 heavy (non-hydrogen) atoms. The van der Waals surface area contributed by atoms with Crippen molar-refractivity contribution < 1.29 is 23.8 Å². The van der Waals surface area contributed by atoms with Crippen LogP contribution in [0.4, 0.5) is 5.69 Å². The minimum absolute atomic E-state index is 0.165. The molecule has 0 bridgehead atoms. The Balaban J connectivity index is 1.36. The molecule has 1 aliphatic heterocycles. The Morgan fingerprint density at radius 1 is 0.950 bits per heavy atom. The summed E-state index contributed by atoms with van der Waals surface area (Å²) in [6.07, 6.45) is 1.81. The minimum atomic E-state index is -0.444. The van der Waals surface area contributed by atoms with E-state index in [2.05, 4.69) is 29.3 Å². The highest BCUT2D eigenvalue weighted by molar-refractivity contribution is 8.18. The molecule has 7 nitrogen and oxygen atoms in total. The van der Waals surface area contributed by atoms with Crippen LogP contribution in [0, 0.1) is 0 Å². The predicted octanol–water partition coefficient (Wildman–Crippen LogP) is 6.84. The van der Waals surface area contributed by atoms with Crippen LogP contribution >= 0.6 is 11.8 Å². The number of methoxy groups -OCH3 is 1. The zero-order valence-corrected chi connectivity index (χ0v) is 23.2. The van der Waals surface area contributed by atoms with Crippen molar-refractivity contribution in [1.29, 1.82) is 0 Å². The summed E-state index contributed by atoms with van der Waals surface area (Å²) in [5.41, 5.74) is 2.84. The topological polar surface area (TPSA) is 77.4 Å². The molecule has 1 saturated heterocycles. The van der Waals surface area contributed by atoms with Gasteiger partial charge >= 0.3 is 5.97 Å². The number of ether oxygens (including phenoxy) is 3. The van der Waals surface area contributed by atoms with E-state index in [4.69, 9.17) is 14.2 Å². The molecule has 0 atom stereocenters. The third kappa shape index (κ3) is 5.87. The monoisotopic (exact) mass is 552 g/mol. The van der Waals surface area contributed by atoms with Gasteiger partial charge in [-0.05, 0) is 77.0 Å². The maximum atomic E-state index is 13.0. The number of aliphatic imine (C=N–C) groups is 1. The van der Waals surface area contributed by atoms with Crippen LogP contribution in [-0.2, 0) is 16.1 Å². The molecule has 0 saturated carbocycles. The van der Waals surface area contributed by atoms with Gasteiger partial charge in [0.2, 0.25) is 0 Å². The van der Waals surface area contributed by atoms with Gasteiger partial charge in [0.05, 0.1) is 29.9 Å². The second-order valence-corrected chi connectivity index (χ2v) is 9.99. The highest BCUT2D eigenvalue weighted by atomic mass is 32.2. The largest absolute Gasteiger partial charge is 0.490 e. The Morgan fingerprint density at radius 2 is 1.75 bits per heavy atom. The van der Waals surface area contributed by atoms with Crippen LogP contribution in [-0.4, -0.2) is 42.7 Å². The van der Waals surface area contributed by atoms with Crippen LogP contribution in [0.25, 0.3) is 16.8 Å². The van der Waals surface area contributed by atoms with Crippen molar-refractivity contribution in [3.8, 4) is 11.5 Å². The second kappa shape index (κ2) is 12.1. The van der Waals surface area contributed by atoms with E-state index in [1.807, 2.05) is 49.4 Å². The fourth-order valence-electron chi connectivity index (χ4n) is 4.31. The molecule has 0 aromatic heterocycles. The molecule has 0 N–H and O–H groups in total. The van der Waals surface area contributed by atoms with E-state index in [0.717, 1.165) is 16.5 Å². The molecule has 4 aromatic carbocycles. The predicted molar refractivity (Wildman–Crippen MR) is 159 cm³/mol. The molecule has 5 rings (SSSR count). The van der Waals surface area contributed by atoms with Crippen LogP contribution in [0.15, 0.2) is 94.8 Å². The van der Waals surface area contributed by atoms with Crippen molar-refractivity contribution in [1.82, 2.24) is 4.90 Å². The van der Waals surface area contributed by atoms with Crippen LogP contribution in [0.2, 0.25) is 0 Å². The molecule has 1 heterocycles. The van der Waals surface area contributed by atoms with Gasteiger partial charge in [0, 0.05) is 7.05 Å². The molecule has 1 amide bonds. The van der Waals surface area contributed by atoms with Crippen LogP contribution in [0.3, 0.4) is 0 Å². The van der Waals surface area contributed by atoms with E-state index < -0.39 is 5.97 Å². The number of likely N-dealkylation sites (N-methyl/N-ethyl adjacent to an activating group) is 1. The zero-order valence-electron chi connectivity index (χ0n) is 22.4. The SMILES string of the molecule is CCOc1cc(C=C2SC(=Nc3cccc(C(=O)OC)c3)N(C)C2=O)ccc1OCc1cccc2ccccc12. The molecule has 0 aliphatic carbocycles. The number of carbonyl (C=O) groups is 2. The van der Waals surface area contributed by atoms with E-state index >= 15 is 0 Å². The first-order valence-corrected chi connectivity index (χ1v) is 13.6. The fraction of sp³-hybridized carbons (Fsp3) is 0.156. The highest BCUT2D eigenvalue weighted by Crippen LogP contribution is 2.36. The lowest BCUT2D eigenvalue weighted by Crippen LogP contribution is -2.23. The molecule has 1 fully saturated rings. The molecular formula is C32H28N2O5S. The zero-order chi connectivity index (χ0) is 28.1. The molecule has 1 aliphatic rings. The summed E-state index contributed by atoms with van der Waals surface area (Å²) >= 11 is 1.27. The maximum absolute atomic E-state index is 13.0. The number of fused-ring (bicyclic) bond motifs is 1. The van der Waals surface area contributed by atoms with Crippen LogP contribution < -0.4 is 9.47 Å². The highest BCUT2D eigenvalue weighted by Gasteiger charge is 2.30. The second-order valence-electron chi connectivity index (χ2n) is 8.98. The van der Waals surface area contributed by atoms with Crippen LogP contribution in [0.5, 0.6) is 11.5 Å². The lowest BCUT2D eigenvalue weighted by Gasteiger charge is -2.14. The summed E-state index contributed by atoms with van der Waals surface area (Å²) in [4.78, 5) is 31.5. The van der Waals surface area contributed by atoms with E-state index in [1.54, 1.807) is 31.3 Å². The normalized spacial score (nSPS) is 15.2.